The average Bonchev–Trinajstić information content (AvgIpc) is 3.16. The second-order valence-electron chi connectivity index (χ2n) is 6.84. The van der Waals surface area contributed by atoms with E-state index in [-0.39, 0.29) is 24.3 Å². The summed E-state index contributed by atoms with van der Waals surface area (Å²) in [5, 5.41) is 2.73. The van der Waals surface area contributed by atoms with Crippen molar-refractivity contribution >= 4 is 45.5 Å². The number of nitrogens with zero attached hydrogens (tertiary/aromatic N) is 2. The molecule has 4 rings (SSSR count). The summed E-state index contributed by atoms with van der Waals surface area (Å²) in [6, 6.07) is 15.1. The molecule has 144 valence electrons. The predicted molar refractivity (Wildman–Crippen MR) is 114 cm³/mol. The molecular weight excluding hydrogens is 469 g/mol. The molecule has 1 aliphatic heterocycles. The topological polar surface area (TPSA) is 75.4 Å². The van der Waals surface area contributed by atoms with E-state index in [1.54, 1.807) is 11.0 Å². The Morgan fingerprint density at radius 1 is 1.11 bits per heavy atom. The van der Waals surface area contributed by atoms with Gasteiger partial charge in [0.25, 0.3) is 5.91 Å². The molecule has 28 heavy (non-hydrogen) atoms. The summed E-state index contributed by atoms with van der Waals surface area (Å²) in [6.07, 6.45) is 1.62. The molecule has 1 aliphatic rings. The minimum atomic E-state index is -0.222. The minimum absolute atomic E-state index is 0.0113. The van der Waals surface area contributed by atoms with E-state index in [2.05, 4.69) is 32.9 Å². The van der Waals surface area contributed by atoms with Gasteiger partial charge in [0.15, 0.2) is 11.5 Å². The van der Waals surface area contributed by atoms with Crippen molar-refractivity contribution in [3.8, 4) is 0 Å². The summed E-state index contributed by atoms with van der Waals surface area (Å²) >= 11 is 2.12. The normalized spacial score (nSPS) is 15.0. The number of aromatic nitrogens is 1. The van der Waals surface area contributed by atoms with Crippen LogP contribution < -0.4 is 5.32 Å². The van der Waals surface area contributed by atoms with Gasteiger partial charge >= 0.3 is 0 Å². The maximum absolute atomic E-state index is 12.5. The third kappa shape index (κ3) is 4.04. The third-order valence-corrected chi connectivity index (χ3v) is 5.97. The van der Waals surface area contributed by atoms with E-state index in [1.807, 2.05) is 42.5 Å². The highest BCUT2D eigenvalue weighted by Crippen LogP contribution is 2.29. The highest BCUT2D eigenvalue weighted by Gasteiger charge is 2.27. The van der Waals surface area contributed by atoms with Crippen molar-refractivity contribution in [1.82, 2.24) is 15.2 Å². The molecule has 1 fully saturated rings. The molecule has 1 saturated heterocycles. The first-order valence-corrected chi connectivity index (χ1v) is 10.4. The van der Waals surface area contributed by atoms with E-state index in [4.69, 9.17) is 4.42 Å². The number of benzene rings is 2. The van der Waals surface area contributed by atoms with Crippen LogP contribution in [-0.2, 0) is 4.79 Å². The molecule has 1 N–H and O–H groups in total. The zero-order valence-corrected chi connectivity index (χ0v) is 17.4. The lowest BCUT2D eigenvalue weighted by atomic mass is 9.97. The lowest BCUT2D eigenvalue weighted by Crippen LogP contribution is -2.43. The van der Waals surface area contributed by atoms with Crippen LogP contribution in [0.5, 0.6) is 0 Å². The van der Waals surface area contributed by atoms with Gasteiger partial charge in [-0.3, -0.25) is 9.59 Å². The molecule has 0 spiro atoms. The van der Waals surface area contributed by atoms with Gasteiger partial charge < -0.3 is 14.6 Å². The van der Waals surface area contributed by atoms with Gasteiger partial charge in [0, 0.05) is 22.6 Å². The van der Waals surface area contributed by atoms with Gasteiger partial charge in [-0.25, -0.2) is 4.98 Å². The van der Waals surface area contributed by atoms with Gasteiger partial charge in [0.05, 0.1) is 12.1 Å². The maximum atomic E-state index is 12.5. The average molecular weight is 489 g/mol. The number of nitrogens with one attached hydrogen (secondary N) is 1. The predicted octanol–water partition coefficient (Wildman–Crippen LogP) is 3.57. The largest absolute Gasteiger partial charge is 0.440 e. The van der Waals surface area contributed by atoms with Crippen molar-refractivity contribution in [2.45, 2.75) is 18.8 Å². The van der Waals surface area contributed by atoms with Crippen molar-refractivity contribution in [1.29, 1.82) is 0 Å². The van der Waals surface area contributed by atoms with Crippen LogP contribution in [0.3, 0.4) is 0 Å². The number of carbonyl (C=O) groups is 2. The van der Waals surface area contributed by atoms with Crippen molar-refractivity contribution in [2.75, 3.05) is 19.6 Å². The van der Waals surface area contributed by atoms with Gasteiger partial charge in [-0.2, -0.15) is 0 Å². The third-order valence-electron chi connectivity index (χ3n) is 5.03. The quantitative estimate of drug-likeness (QED) is 0.569. The van der Waals surface area contributed by atoms with Crippen molar-refractivity contribution < 1.29 is 14.0 Å². The summed E-state index contributed by atoms with van der Waals surface area (Å²) in [7, 11) is 0. The smallest absolute Gasteiger partial charge is 0.252 e. The van der Waals surface area contributed by atoms with Gasteiger partial charge in [-0.05, 0) is 59.7 Å². The van der Waals surface area contributed by atoms with Gasteiger partial charge in [-0.1, -0.05) is 24.3 Å². The molecule has 0 aliphatic carbocycles. The Balaban J connectivity index is 1.30. The summed E-state index contributed by atoms with van der Waals surface area (Å²) in [6.45, 7) is 1.29. The highest BCUT2D eigenvalue weighted by molar-refractivity contribution is 14.1. The first-order valence-electron chi connectivity index (χ1n) is 9.28. The molecule has 0 saturated carbocycles. The Labute approximate surface area is 176 Å². The number of amides is 2. The number of fused-ring (bicyclic) bond motifs is 1. The van der Waals surface area contributed by atoms with Crippen LogP contribution in [0.4, 0.5) is 0 Å². The SMILES string of the molecule is O=C(NCC(=O)N1CCC(c2nc3ccccc3o2)CC1)c1ccccc1I. The van der Waals surface area contributed by atoms with Crippen LogP contribution in [0.2, 0.25) is 0 Å². The second-order valence-corrected chi connectivity index (χ2v) is 8.00. The van der Waals surface area contributed by atoms with E-state index in [1.165, 1.54) is 0 Å². The molecule has 0 bridgehead atoms. The lowest BCUT2D eigenvalue weighted by molar-refractivity contribution is -0.131. The Morgan fingerprint density at radius 3 is 2.57 bits per heavy atom. The molecular formula is C21H20IN3O3. The van der Waals surface area contributed by atoms with Crippen LogP contribution in [0.25, 0.3) is 11.1 Å². The monoisotopic (exact) mass is 489 g/mol. The zero-order valence-electron chi connectivity index (χ0n) is 15.2. The number of rotatable bonds is 4. The van der Waals surface area contributed by atoms with Gasteiger partial charge in [0.1, 0.15) is 5.52 Å². The summed E-state index contributed by atoms with van der Waals surface area (Å²) in [5.74, 6) is 0.687. The fourth-order valence-corrected chi connectivity index (χ4v) is 4.08. The molecule has 3 aromatic rings. The van der Waals surface area contributed by atoms with Crippen LogP contribution in [0.1, 0.15) is 35.0 Å². The van der Waals surface area contributed by atoms with E-state index in [0.717, 1.165) is 33.4 Å². The number of carbonyl (C=O) groups excluding carboxylic acids is 2. The standard InChI is InChI=1S/C21H20IN3O3/c22-16-6-2-1-5-15(16)20(27)23-13-19(26)25-11-9-14(10-12-25)21-24-17-7-3-4-8-18(17)28-21/h1-8,14H,9-13H2,(H,23,27). The van der Waals surface area contributed by atoms with E-state index in [9.17, 15) is 9.59 Å². The molecule has 6 nitrogen and oxygen atoms in total. The van der Waals surface area contributed by atoms with E-state index >= 15 is 0 Å². The molecule has 2 amide bonds. The van der Waals surface area contributed by atoms with Crippen molar-refractivity contribution in [3.63, 3.8) is 0 Å². The Hall–Kier alpha value is -2.42. The maximum Gasteiger partial charge on any atom is 0.252 e. The first kappa shape index (κ1) is 18.9. The fraction of sp³-hybridized carbons (Fsp3) is 0.286. The first-order chi connectivity index (χ1) is 13.6. The molecule has 0 radical (unpaired) electrons. The zero-order chi connectivity index (χ0) is 19.5. The fourth-order valence-electron chi connectivity index (χ4n) is 3.45. The number of hydrogen-bond donors (Lipinski definition) is 1. The molecule has 2 aromatic carbocycles. The summed E-state index contributed by atoms with van der Waals surface area (Å²) in [4.78, 5) is 31.1. The number of halogens is 1. The van der Waals surface area contributed by atoms with Crippen LogP contribution in [-0.4, -0.2) is 41.3 Å². The number of likely N-dealkylation sites (tertiary alicyclic amines) is 1. The molecule has 0 unspecified atom stereocenters. The summed E-state index contributed by atoms with van der Waals surface area (Å²) < 4.78 is 6.74. The number of para-hydroxylation sites is 2. The van der Waals surface area contributed by atoms with Crippen molar-refractivity contribution in [3.05, 3.63) is 63.6 Å². The second kappa shape index (κ2) is 8.30. The Morgan fingerprint density at radius 2 is 1.82 bits per heavy atom. The van der Waals surface area contributed by atoms with Crippen LogP contribution in [0, 0.1) is 3.57 Å². The Bertz CT molecular complexity index is 976. The Kier molecular flexibility index (Phi) is 5.61. The van der Waals surface area contributed by atoms with Gasteiger partial charge in [-0.15, -0.1) is 0 Å². The number of oxazole rings is 1. The lowest BCUT2D eigenvalue weighted by Gasteiger charge is -2.30. The van der Waals surface area contributed by atoms with E-state index < -0.39 is 0 Å². The van der Waals surface area contributed by atoms with Crippen LogP contribution >= 0.6 is 22.6 Å². The van der Waals surface area contributed by atoms with Gasteiger partial charge in [0.2, 0.25) is 5.91 Å². The molecule has 7 heteroatoms. The number of piperidine rings is 1. The highest BCUT2D eigenvalue weighted by atomic mass is 127. The van der Waals surface area contributed by atoms with E-state index in [0.29, 0.717) is 18.7 Å². The van der Waals surface area contributed by atoms with Crippen LogP contribution in [0.15, 0.2) is 52.9 Å². The molecule has 0 atom stereocenters. The molecule has 1 aromatic heterocycles. The van der Waals surface area contributed by atoms with Crippen molar-refractivity contribution in [2.24, 2.45) is 0 Å². The molecule has 2 heterocycles. The number of hydrogen-bond acceptors (Lipinski definition) is 4. The minimum Gasteiger partial charge on any atom is -0.440 e. The summed E-state index contributed by atoms with van der Waals surface area (Å²) in [5.41, 5.74) is 2.26.